The van der Waals surface area contributed by atoms with Crippen LogP contribution in [0.5, 0.6) is 11.5 Å². The average molecular weight is 334 g/mol. The lowest BCUT2D eigenvalue weighted by Gasteiger charge is -2.25. The van der Waals surface area contributed by atoms with Gasteiger partial charge < -0.3 is 18.9 Å². The zero-order chi connectivity index (χ0) is 16.0. The van der Waals surface area contributed by atoms with Crippen molar-refractivity contribution in [3.63, 3.8) is 0 Å². The molecule has 0 bridgehead atoms. The van der Waals surface area contributed by atoms with Crippen molar-refractivity contribution in [3.05, 3.63) is 27.3 Å². The summed E-state index contributed by atoms with van der Waals surface area (Å²) < 4.78 is 16.5. The maximum absolute atomic E-state index is 13.1. The fourth-order valence-corrected chi connectivity index (χ4v) is 4.30. The highest BCUT2D eigenvalue weighted by atomic mass is 32.1. The van der Waals surface area contributed by atoms with Gasteiger partial charge in [0.15, 0.2) is 11.5 Å². The molecule has 0 saturated carbocycles. The van der Waals surface area contributed by atoms with Gasteiger partial charge in [-0.2, -0.15) is 0 Å². The van der Waals surface area contributed by atoms with E-state index in [1.807, 2.05) is 24.1 Å². The average Bonchev–Trinajstić information content (AvgIpc) is 3.25. The Bertz CT molecular complexity index is 732. The number of hydrogen-bond donors (Lipinski definition) is 0. The first kappa shape index (κ1) is 14.6. The van der Waals surface area contributed by atoms with Crippen molar-refractivity contribution in [2.24, 2.45) is 0 Å². The van der Waals surface area contributed by atoms with E-state index in [-0.39, 0.29) is 11.9 Å². The summed E-state index contributed by atoms with van der Waals surface area (Å²) in [6.45, 7) is 5.58. The second-order valence-corrected chi connectivity index (χ2v) is 6.73. The molecule has 0 unspecified atom stereocenters. The van der Waals surface area contributed by atoms with E-state index in [1.165, 1.54) is 11.3 Å². The van der Waals surface area contributed by atoms with E-state index < -0.39 is 0 Å². The van der Waals surface area contributed by atoms with Gasteiger partial charge >= 0.3 is 0 Å². The van der Waals surface area contributed by atoms with Crippen LogP contribution in [0.25, 0.3) is 0 Å². The molecule has 4 heterocycles. The summed E-state index contributed by atoms with van der Waals surface area (Å²) in [7, 11) is 0. The molecule has 0 N–H and O–H groups in total. The number of amides is 1. The number of likely N-dealkylation sites (tertiary alicyclic amines) is 1. The number of thiophene rings is 1. The van der Waals surface area contributed by atoms with Crippen LogP contribution in [0.3, 0.4) is 0 Å². The molecule has 1 atom stereocenters. The molecule has 0 spiro atoms. The summed E-state index contributed by atoms with van der Waals surface area (Å²) in [5.41, 5.74) is 1.90. The Morgan fingerprint density at radius 3 is 2.96 bits per heavy atom. The van der Waals surface area contributed by atoms with Gasteiger partial charge in [0, 0.05) is 17.5 Å². The van der Waals surface area contributed by atoms with Crippen LogP contribution in [0.4, 0.5) is 0 Å². The molecule has 6 nitrogen and oxygen atoms in total. The molecule has 0 radical (unpaired) electrons. The molecule has 2 aromatic rings. The van der Waals surface area contributed by atoms with E-state index in [9.17, 15) is 4.79 Å². The first-order chi connectivity index (χ1) is 11.2. The molecule has 23 heavy (non-hydrogen) atoms. The van der Waals surface area contributed by atoms with Crippen molar-refractivity contribution in [3.8, 4) is 11.5 Å². The summed E-state index contributed by atoms with van der Waals surface area (Å²) in [5, 5.41) is 5.88. The first-order valence-electron chi connectivity index (χ1n) is 7.77. The van der Waals surface area contributed by atoms with Crippen molar-refractivity contribution in [1.82, 2.24) is 10.1 Å². The van der Waals surface area contributed by atoms with E-state index in [0.717, 1.165) is 36.4 Å². The standard InChI is InChI=1S/C16H18N2O4S/c1-9-13(10(2)22-17-9)11-4-3-5-18(11)16(19)15-14-12(8-23-15)20-6-7-21-14/h8,11H,3-7H2,1-2H3/t11-/m1/s1. The van der Waals surface area contributed by atoms with Gasteiger partial charge in [0.2, 0.25) is 0 Å². The van der Waals surface area contributed by atoms with Gasteiger partial charge in [-0.15, -0.1) is 11.3 Å². The molecule has 0 aromatic carbocycles. The van der Waals surface area contributed by atoms with Gasteiger partial charge in [-0.05, 0) is 26.7 Å². The number of nitrogens with zero attached hydrogens (tertiary/aromatic N) is 2. The molecule has 1 saturated heterocycles. The van der Waals surface area contributed by atoms with Crippen LogP contribution in [0.1, 0.15) is 45.6 Å². The second-order valence-electron chi connectivity index (χ2n) is 5.85. The number of aryl methyl sites for hydroxylation is 2. The molecular weight excluding hydrogens is 316 g/mol. The lowest BCUT2D eigenvalue weighted by atomic mass is 10.0. The SMILES string of the molecule is Cc1noc(C)c1[C@H]1CCCN1C(=O)c1scc2c1OCCO2. The molecule has 2 aliphatic heterocycles. The van der Waals surface area contributed by atoms with Crippen LogP contribution in [0.2, 0.25) is 0 Å². The van der Waals surface area contributed by atoms with Crippen LogP contribution in [-0.4, -0.2) is 35.7 Å². The van der Waals surface area contributed by atoms with Crippen molar-refractivity contribution < 1.29 is 18.8 Å². The third-order valence-corrected chi connectivity index (χ3v) is 5.36. The second kappa shape index (κ2) is 5.56. The van der Waals surface area contributed by atoms with Crippen molar-refractivity contribution in [2.75, 3.05) is 19.8 Å². The topological polar surface area (TPSA) is 64.8 Å². The minimum atomic E-state index is 0.00394. The summed E-state index contributed by atoms with van der Waals surface area (Å²) >= 11 is 1.39. The Labute approximate surface area is 138 Å². The normalized spacial score (nSPS) is 20.1. The predicted molar refractivity (Wildman–Crippen MR) is 84.3 cm³/mol. The Morgan fingerprint density at radius 2 is 2.17 bits per heavy atom. The summed E-state index contributed by atoms with van der Waals surface area (Å²) in [6, 6.07) is 0.0241. The fourth-order valence-electron chi connectivity index (χ4n) is 3.42. The Hall–Kier alpha value is -2.02. The van der Waals surface area contributed by atoms with Gasteiger partial charge in [-0.25, -0.2) is 0 Å². The summed E-state index contributed by atoms with van der Waals surface area (Å²) in [4.78, 5) is 15.6. The molecule has 4 rings (SSSR count). The number of rotatable bonds is 2. The number of hydrogen-bond acceptors (Lipinski definition) is 6. The van der Waals surface area contributed by atoms with Gasteiger partial charge in [0.05, 0.1) is 11.7 Å². The van der Waals surface area contributed by atoms with Gasteiger partial charge in [0.1, 0.15) is 23.9 Å². The van der Waals surface area contributed by atoms with Crippen molar-refractivity contribution in [1.29, 1.82) is 0 Å². The Kier molecular flexibility index (Phi) is 3.52. The van der Waals surface area contributed by atoms with Crippen LogP contribution in [0, 0.1) is 13.8 Å². The molecule has 7 heteroatoms. The molecule has 2 aliphatic rings. The van der Waals surface area contributed by atoms with Gasteiger partial charge in [0.25, 0.3) is 5.91 Å². The van der Waals surface area contributed by atoms with Crippen LogP contribution >= 0.6 is 11.3 Å². The Balaban J connectivity index is 1.67. The third-order valence-electron chi connectivity index (χ3n) is 4.43. The lowest BCUT2D eigenvalue weighted by molar-refractivity contribution is 0.0731. The summed E-state index contributed by atoms with van der Waals surface area (Å²) in [5.74, 6) is 2.07. The van der Waals surface area contributed by atoms with E-state index in [1.54, 1.807) is 0 Å². The lowest BCUT2D eigenvalue weighted by Crippen LogP contribution is -2.31. The smallest absolute Gasteiger partial charge is 0.268 e. The van der Waals surface area contributed by atoms with Crippen molar-refractivity contribution >= 4 is 17.2 Å². The molecular formula is C16H18N2O4S. The van der Waals surface area contributed by atoms with Gasteiger partial charge in [-0.1, -0.05) is 5.16 Å². The zero-order valence-corrected chi connectivity index (χ0v) is 13.9. The number of ether oxygens (including phenoxy) is 2. The Morgan fingerprint density at radius 1 is 1.35 bits per heavy atom. The molecule has 1 fully saturated rings. The first-order valence-corrected chi connectivity index (χ1v) is 8.65. The van der Waals surface area contributed by atoms with Crippen LogP contribution in [0.15, 0.2) is 9.90 Å². The van der Waals surface area contributed by atoms with Crippen LogP contribution in [-0.2, 0) is 0 Å². The number of aromatic nitrogens is 1. The highest BCUT2D eigenvalue weighted by Crippen LogP contribution is 2.43. The number of carbonyl (C=O) groups is 1. The highest BCUT2D eigenvalue weighted by molar-refractivity contribution is 7.12. The van der Waals surface area contributed by atoms with E-state index in [2.05, 4.69) is 5.16 Å². The zero-order valence-electron chi connectivity index (χ0n) is 13.1. The quantitative estimate of drug-likeness (QED) is 0.844. The number of fused-ring (bicyclic) bond motifs is 1. The van der Waals surface area contributed by atoms with Gasteiger partial charge in [-0.3, -0.25) is 4.79 Å². The predicted octanol–water partition coefficient (Wildman–Crippen LogP) is 3.10. The molecule has 0 aliphatic carbocycles. The monoisotopic (exact) mass is 334 g/mol. The maximum Gasteiger partial charge on any atom is 0.268 e. The fraction of sp³-hybridized carbons (Fsp3) is 0.500. The minimum Gasteiger partial charge on any atom is -0.485 e. The maximum atomic E-state index is 13.1. The highest BCUT2D eigenvalue weighted by Gasteiger charge is 2.36. The largest absolute Gasteiger partial charge is 0.485 e. The molecule has 1 amide bonds. The van der Waals surface area contributed by atoms with E-state index in [4.69, 9.17) is 14.0 Å². The summed E-state index contributed by atoms with van der Waals surface area (Å²) in [6.07, 6.45) is 1.91. The van der Waals surface area contributed by atoms with E-state index >= 15 is 0 Å². The molecule has 122 valence electrons. The van der Waals surface area contributed by atoms with E-state index in [0.29, 0.717) is 29.6 Å². The minimum absolute atomic E-state index is 0.00394. The third kappa shape index (κ3) is 2.30. The van der Waals surface area contributed by atoms with Crippen LogP contribution < -0.4 is 9.47 Å². The van der Waals surface area contributed by atoms with Crippen molar-refractivity contribution in [2.45, 2.75) is 32.7 Å². The molecule has 2 aromatic heterocycles. The number of carbonyl (C=O) groups excluding carboxylic acids is 1.